The zero-order chi connectivity index (χ0) is 20.5. The van der Waals surface area contributed by atoms with Gasteiger partial charge in [0.2, 0.25) is 0 Å². The first-order valence-electron chi connectivity index (χ1n) is 8.97. The average molecular weight is 401 g/mol. The molecule has 1 N–H and O–H groups in total. The molecule has 0 aliphatic carbocycles. The van der Waals surface area contributed by atoms with E-state index >= 15 is 0 Å². The first kappa shape index (κ1) is 20.1. The van der Waals surface area contributed by atoms with Crippen LogP contribution in [-0.4, -0.2) is 22.5 Å². The van der Waals surface area contributed by atoms with Crippen molar-refractivity contribution in [1.82, 2.24) is 10.3 Å². The molecule has 1 amide bonds. The van der Waals surface area contributed by atoms with Crippen LogP contribution in [0, 0.1) is 5.82 Å². The highest BCUT2D eigenvalue weighted by molar-refractivity contribution is 6.33. The van der Waals surface area contributed by atoms with Crippen molar-refractivity contribution in [2.24, 2.45) is 0 Å². The van der Waals surface area contributed by atoms with E-state index in [1.807, 2.05) is 32.9 Å². The number of hydrogen-bond donors (Lipinski definition) is 1. The number of pyridine rings is 1. The maximum Gasteiger partial charge on any atom is 0.261 e. The number of fused-ring (bicyclic) bond motifs is 1. The third kappa shape index (κ3) is 4.60. The minimum Gasteiger partial charge on any atom is -0.481 e. The number of nitrogens with zero attached hydrogens (tertiary/aromatic N) is 1. The van der Waals surface area contributed by atoms with Crippen molar-refractivity contribution in [2.75, 3.05) is 0 Å². The smallest absolute Gasteiger partial charge is 0.261 e. The molecule has 6 heteroatoms. The van der Waals surface area contributed by atoms with Gasteiger partial charge in [0, 0.05) is 28.8 Å². The summed E-state index contributed by atoms with van der Waals surface area (Å²) in [6.07, 6.45) is 1.02. The average Bonchev–Trinajstić information content (AvgIpc) is 2.60. The Kier molecular flexibility index (Phi) is 5.57. The zero-order valence-electron chi connectivity index (χ0n) is 16.2. The second kappa shape index (κ2) is 7.76. The molecule has 0 saturated carbocycles. The number of hydrogen-bond acceptors (Lipinski definition) is 3. The fourth-order valence-electron chi connectivity index (χ4n) is 2.87. The van der Waals surface area contributed by atoms with Crippen molar-refractivity contribution < 1.29 is 13.9 Å². The minimum absolute atomic E-state index is 0.188. The molecule has 2 aromatic carbocycles. The first-order chi connectivity index (χ1) is 13.1. The molecule has 0 bridgehead atoms. The molecule has 0 radical (unpaired) electrons. The molecule has 3 rings (SSSR count). The summed E-state index contributed by atoms with van der Waals surface area (Å²) in [7, 11) is 0. The Labute approximate surface area is 168 Å². The van der Waals surface area contributed by atoms with Crippen LogP contribution in [0.15, 0.2) is 48.7 Å². The Morgan fingerprint density at radius 3 is 2.57 bits per heavy atom. The Balaban J connectivity index is 1.90. The van der Waals surface area contributed by atoms with Gasteiger partial charge in [-0.3, -0.25) is 9.78 Å². The van der Waals surface area contributed by atoms with Crippen LogP contribution >= 0.6 is 11.6 Å². The Morgan fingerprint density at radius 2 is 1.89 bits per heavy atom. The molecule has 28 heavy (non-hydrogen) atoms. The second-order valence-electron chi connectivity index (χ2n) is 7.66. The van der Waals surface area contributed by atoms with Gasteiger partial charge in [0.15, 0.2) is 6.10 Å². The van der Waals surface area contributed by atoms with Gasteiger partial charge in [-0.1, -0.05) is 11.6 Å². The Morgan fingerprint density at radius 1 is 1.14 bits per heavy atom. The molecule has 1 unspecified atom stereocenters. The van der Waals surface area contributed by atoms with Crippen LogP contribution in [0.3, 0.4) is 0 Å². The van der Waals surface area contributed by atoms with E-state index in [9.17, 15) is 9.18 Å². The van der Waals surface area contributed by atoms with Crippen molar-refractivity contribution >= 4 is 28.4 Å². The number of benzene rings is 2. The lowest BCUT2D eigenvalue weighted by Crippen LogP contribution is -2.46. The molecule has 0 aliphatic rings. The molecule has 1 aromatic heterocycles. The molecule has 0 spiro atoms. The Bertz CT molecular complexity index is 1030. The van der Waals surface area contributed by atoms with Gasteiger partial charge < -0.3 is 10.1 Å². The van der Waals surface area contributed by atoms with E-state index in [0.29, 0.717) is 16.3 Å². The lowest BCUT2D eigenvalue weighted by atomic mass is 10.0. The zero-order valence-corrected chi connectivity index (χ0v) is 17.0. The number of aromatic nitrogens is 1. The summed E-state index contributed by atoms with van der Waals surface area (Å²) >= 11 is 6.22. The van der Waals surface area contributed by atoms with Crippen LogP contribution in [0.5, 0.6) is 5.75 Å². The lowest BCUT2D eigenvalue weighted by Gasteiger charge is -2.23. The largest absolute Gasteiger partial charge is 0.481 e. The van der Waals surface area contributed by atoms with E-state index in [0.717, 1.165) is 16.5 Å². The van der Waals surface area contributed by atoms with Gasteiger partial charge in [-0.05, 0) is 69.7 Å². The van der Waals surface area contributed by atoms with E-state index in [2.05, 4.69) is 10.3 Å². The van der Waals surface area contributed by atoms with E-state index in [-0.39, 0.29) is 17.3 Å². The molecule has 0 saturated heterocycles. The standard InChI is InChI=1S/C22H22ClFN2O2/c1-13(21(27)26-22(2,3)4)28-15-6-8-18-16(9-10-25-20(18)12-15)17-7-5-14(24)11-19(17)23/h5-13H,1-4H3,(H,26,27). The molecule has 0 fully saturated rings. The number of ether oxygens (including phenoxy) is 1. The third-order valence-electron chi connectivity index (χ3n) is 4.12. The van der Waals surface area contributed by atoms with E-state index < -0.39 is 6.10 Å². The molecule has 1 heterocycles. The van der Waals surface area contributed by atoms with Crippen LogP contribution in [0.2, 0.25) is 5.02 Å². The Hall–Kier alpha value is -2.66. The van der Waals surface area contributed by atoms with Crippen LogP contribution in [0.25, 0.3) is 22.0 Å². The maximum atomic E-state index is 13.4. The number of nitrogens with one attached hydrogen (secondary N) is 1. The summed E-state index contributed by atoms with van der Waals surface area (Å²) in [4.78, 5) is 16.6. The summed E-state index contributed by atoms with van der Waals surface area (Å²) in [5.74, 6) is -0.0309. The SMILES string of the molecule is CC(Oc1ccc2c(-c3ccc(F)cc3Cl)ccnc2c1)C(=O)NC(C)(C)C. The van der Waals surface area contributed by atoms with Gasteiger partial charge >= 0.3 is 0 Å². The van der Waals surface area contributed by atoms with E-state index in [1.54, 1.807) is 31.3 Å². The summed E-state index contributed by atoms with van der Waals surface area (Å²) in [6.45, 7) is 7.45. The van der Waals surface area contributed by atoms with Gasteiger partial charge in [0.25, 0.3) is 5.91 Å². The molecule has 0 aliphatic heterocycles. The summed E-state index contributed by atoms with van der Waals surface area (Å²) in [6, 6.07) is 11.6. The fourth-order valence-corrected chi connectivity index (χ4v) is 3.14. The summed E-state index contributed by atoms with van der Waals surface area (Å²) in [5, 5.41) is 4.08. The van der Waals surface area contributed by atoms with Crippen LogP contribution in [0.1, 0.15) is 27.7 Å². The normalized spacial score (nSPS) is 12.6. The number of halogens is 2. The predicted octanol–water partition coefficient (Wildman–Crippen LogP) is 5.38. The van der Waals surface area contributed by atoms with Crippen molar-refractivity contribution in [1.29, 1.82) is 0 Å². The number of amides is 1. The third-order valence-corrected chi connectivity index (χ3v) is 4.43. The van der Waals surface area contributed by atoms with Gasteiger partial charge in [-0.2, -0.15) is 0 Å². The molecular formula is C22H22ClFN2O2. The first-order valence-corrected chi connectivity index (χ1v) is 9.35. The lowest BCUT2D eigenvalue weighted by molar-refractivity contribution is -0.128. The quantitative estimate of drug-likeness (QED) is 0.640. The highest BCUT2D eigenvalue weighted by Gasteiger charge is 2.20. The molecule has 3 aromatic rings. The monoisotopic (exact) mass is 400 g/mol. The van der Waals surface area contributed by atoms with Crippen molar-refractivity contribution in [2.45, 2.75) is 39.3 Å². The van der Waals surface area contributed by atoms with E-state index in [1.165, 1.54) is 12.1 Å². The molecule has 146 valence electrons. The molecular weight excluding hydrogens is 379 g/mol. The minimum atomic E-state index is -0.647. The van der Waals surface area contributed by atoms with Gasteiger partial charge in [-0.15, -0.1) is 0 Å². The van der Waals surface area contributed by atoms with Crippen molar-refractivity contribution in [3.05, 3.63) is 59.5 Å². The highest BCUT2D eigenvalue weighted by Crippen LogP contribution is 2.34. The molecule has 4 nitrogen and oxygen atoms in total. The molecule has 1 atom stereocenters. The topological polar surface area (TPSA) is 51.2 Å². The number of carbonyl (C=O) groups is 1. The van der Waals surface area contributed by atoms with Crippen molar-refractivity contribution in [3.8, 4) is 16.9 Å². The predicted molar refractivity (Wildman–Crippen MR) is 110 cm³/mol. The maximum absolute atomic E-state index is 13.4. The van der Waals surface area contributed by atoms with Gasteiger partial charge in [0.1, 0.15) is 11.6 Å². The van der Waals surface area contributed by atoms with E-state index in [4.69, 9.17) is 16.3 Å². The van der Waals surface area contributed by atoms with Crippen LogP contribution in [0.4, 0.5) is 4.39 Å². The van der Waals surface area contributed by atoms with Crippen molar-refractivity contribution in [3.63, 3.8) is 0 Å². The van der Waals surface area contributed by atoms with Gasteiger partial charge in [-0.25, -0.2) is 4.39 Å². The number of rotatable bonds is 4. The summed E-state index contributed by atoms with van der Waals surface area (Å²) < 4.78 is 19.2. The van der Waals surface area contributed by atoms with Gasteiger partial charge in [0.05, 0.1) is 10.5 Å². The van der Waals surface area contributed by atoms with Crippen LogP contribution < -0.4 is 10.1 Å². The fraction of sp³-hybridized carbons (Fsp3) is 0.273. The number of carbonyl (C=O) groups excluding carboxylic acids is 1. The highest BCUT2D eigenvalue weighted by atomic mass is 35.5. The second-order valence-corrected chi connectivity index (χ2v) is 8.07. The van der Waals surface area contributed by atoms with Crippen LogP contribution in [-0.2, 0) is 4.79 Å². The summed E-state index contributed by atoms with van der Waals surface area (Å²) in [5.41, 5.74) is 1.93.